The highest BCUT2D eigenvalue weighted by molar-refractivity contribution is 7.85. The van der Waals surface area contributed by atoms with Gasteiger partial charge in [0, 0.05) is 11.1 Å². The molecule has 0 radical (unpaired) electrons. The molecule has 0 bridgehead atoms. The van der Waals surface area contributed by atoms with Crippen LogP contribution >= 0.6 is 0 Å². The summed E-state index contributed by atoms with van der Waals surface area (Å²) in [7, 11) is -5.88. The van der Waals surface area contributed by atoms with Crippen LogP contribution in [0.3, 0.4) is 0 Å². The normalized spacial score (nSPS) is 11.7. The second-order valence-corrected chi connectivity index (χ2v) is 10.6. The van der Waals surface area contributed by atoms with Gasteiger partial charge in [-0.1, -0.05) is 91.0 Å². The fraction of sp³-hybridized carbons (Fsp3) is 0. The largest absolute Gasteiger partial charge is 0.744 e. The number of para-hydroxylation sites is 1. The smallest absolute Gasteiger partial charge is 0.205 e. The van der Waals surface area contributed by atoms with E-state index in [1.165, 1.54) is 0 Å². The zero-order chi connectivity index (χ0) is 28.9. The molecule has 0 aliphatic rings. The van der Waals surface area contributed by atoms with Gasteiger partial charge in [-0.15, -0.1) is 0 Å². The molecule has 6 rings (SSSR count). The first-order chi connectivity index (χ1) is 19.6. The highest BCUT2D eigenvalue weighted by Crippen LogP contribution is 2.45. The second-order valence-electron chi connectivity index (χ2n) is 9.28. The number of halogens is 4. The SMILES string of the molecule is O=S(=O)([O-])c1c(F)c(F)c(Oc2c(-c3ccc4ccccc4c3)cccc2-c2ccc3ccccc3c2)c(F)c1F. The monoisotopic (exact) mass is 573 g/mol. The first kappa shape index (κ1) is 26.5. The topological polar surface area (TPSA) is 66.4 Å². The predicted molar refractivity (Wildman–Crippen MR) is 147 cm³/mol. The molecule has 0 aliphatic carbocycles. The molecule has 0 amide bonds. The Morgan fingerprint density at radius 2 is 0.951 bits per heavy atom. The molecule has 0 N–H and O–H groups in total. The van der Waals surface area contributed by atoms with E-state index in [0.29, 0.717) is 22.3 Å². The van der Waals surface area contributed by atoms with Crippen molar-refractivity contribution in [1.82, 2.24) is 0 Å². The van der Waals surface area contributed by atoms with Crippen LogP contribution in [-0.2, 0) is 10.1 Å². The van der Waals surface area contributed by atoms with E-state index in [-0.39, 0.29) is 5.75 Å². The lowest BCUT2D eigenvalue weighted by Crippen LogP contribution is -2.11. The third-order valence-corrected chi connectivity index (χ3v) is 7.63. The van der Waals surface area contributed by atoms with Gasteiger partial charge in [0.2, 0.25) is 17.4 Å². The summed E-state index contributed by atoms with van der Waals surface area (Å²) in [6.45, 7) is 0. The summed E-state index contributed by atoms with van der Waals surface area (Å²) in [5, 5.41) is 3.57. The zero-order valence-corrected chi connectivity index (χ0v) is 21.7. The van der Waals surface area contributed by atoms with E-state index in [4.69, 9.17) is 4.74 Å². The van der Waals surface area contributed by atoms with Crippen LogP contribution in [0.4, 0.5) is 17.6 Å². The van der Waals surface area contributed by atoms with Crippen molar-refractivity contribution < 1.29 is 35.3 Å². The van der Waals surface area contributed by atoms with Crippen LogP contribution in [0.25, 0.3) is 43.8 Å². The van der Waals surface area contributed by atoms with Crippen molar-refractivity contribution in [1.29, 1.82) is 0 Å². The number of rotatable bonds is 5. The first-order valence-corrected chi connectivity index (χ1v) is 13.7. The van der Waals surface area contributed by atoms with Gasteiger partial charge in [0.25, 0.3) is 0 Å². The van der Waals surface area contributed by atoms with E-state index in [1.807, 2.05) is 72.8 Å². The number of fused-ring (bicyclic) bond motifs is 2. The Labute approximate surface area is 231 Å². The standard InChI is InChI=1S/C32H18F4O4S/c33-26-28(35)32(41(37,38)39)29(36)27(34)31(26)40-30-24(22-14-12-18-6-1-3-8-20(18)16-22)10-5-11-25(30)23-15-13-19-7-2-4-9-21(19)17-23/h1-17H,(H,37,38,39)/p-1. The molecule has 204 valence electrons. The molecule has 0 saturated carbocycles. The van der Waals surface area contributed by atoms with Gasteiger partial charge < -0.3 is 9.29 Å². The van der Waals surface area contributed by atoms with Gasteiger partial charge in [-0.2, -0.15) is 8.78 Å². The Bertz CT molecular complexity index is 1980. The summed E-state index contributed by atoms with van der Waals surface area (Å²) in [6.07, 6.45) is 0. The molecule has 9 heteroatoms. The average Bonchev–Trinajstić information content (AvgIpc) is 2.97. The fourth-order valence-corrected chi connectivity index (χ4v) is 5.44. The first-order valence-electron chi connectivity index (χ1n) is 12.2. The second kappa shape index (κ2) is 10.0. The van der Waals surface area contributed by atoms with Crippen molar-refractivity contribution in [3.05, 3.63) is 126 Å². The molecule has 0 atom stereocenters. The summed E-state index contributed by atoms with van der Waals surface area (Å²) in [5.41, 5.74) is 1.81. The van der Waals surface area contributed by atoms with Crippen LogP contribution in [0.5, 0.6) is 11.5 Å². The third-order valence-electron chi connectivity index (χ3n) is 6.77. The van der Waals surface area contributed by atoms with Crippen LogP contribution in [0.2, 0.25) is 0 Å². The van der Waals surface area contributed by atoms with Gasteiger partial charge in [0.05, 0.1) is 0 Å². The molecule has 0 aliphatic heterocycles. The van der Waals surface area contributed by atoms with Gasteiger partial charge in [-0.25, -0.2) is 17.2 Å². The average molecular weight is 574 g/mol. The fourth-order valence-electron chi connectivity index (χ4n) is 4.82. The third kappa shape index (κ3) is 4.69. The Hall–Kier alpha value is -4.73. The molecule has 0 heterocycles. The highest BCUT2D eigenvalue weighted by Gasteiger charge is 2.31. The van der Waals surface area contributed by atoms with E-state index in [0.717, 1.165) is 21.5 Å². The van der Waals surface area contributed by atoms with Gasteiger partial charge >= 0.3 is 0 Å². The van der Waals surface area contributed by atoms with Gasteiger partial charge in [-0.3, -0.25) is 0 Å². The molecule has 0 fully saturated rings. The van der Waals surface area contributed by atoms with Crippen LogP contribution in [0, 0.1) is 23.3 Å². The van der Waals surface area contributed by atoms with Crippen LogP contribution in [-0.4, -0.2) is 13.0 Å². The summed E-state index contributed by atoms with van der Waals surface area (Å²) < 4.78 is 99.1. The molecule has 6 aromatic carbocycles. The van der Waals surface area contributed by atoms with Crippen molar-refractivity contribution >= 4 is 31.7 Å². The van der Waals surface area contributed by atoms with Crippen molar-refractivity contribution in [3.63, 3.8) is 0 Å². The summed E-state index contributed by atoms with van der Waals surface area (Å²) in [6, 6.07) is 30.8. The molecule has 0 aromatic heterocycles. The van der Waals surface area contributed by atoms with Crippen molar-refractivity contribution in [2.75, 3.05) is 0 Å². The summed E-state index contributed by atoms with van der Waals surface area (Å²) in [4.78, 5) is -2.25. The maximum atomic E-state index is 15.1. The van der Waals surface area contributed by atoms with E-state index in [1.54, 1.807) is 30.3 Å². The quantitative estimate of drug-likeness (QED) is 0.118. The number of benzene rings is 6. The predicted octanol–water partition coefficient (Wildman–Crippen LogP) is 8.58. The van der Waals surface area contributed by atoms with Crippen LogP contribution in [0.1, 0.15) is 0 Å². The van der Waals surface area contributed by atoms with Gasteiger partial charge in [0.1, 0.15) is 20.8 Å². The number of hydrogen-bond donors (Lipinski definition) is 0. The van der Waals surface area contributed by atoms with Crippen LogP contribution < -0.4 is 4.74 Å². The number of ether oxygens (including phenoxy) is 1. The minimum absolute atomic E-state index is 0.146. The summed E-state index contributed by atoms with van der Waals surface area (Å²) in [5.74, 6) is -10.7. The van der Waals surface area contributed by atoms with E-state index in [9.17, 15) is 21.8 Å². The van der Waals surface area contributed by atoms with Crippen molar-refractivity contribution in [2.24, 2.45) is 0 Å². The van der Waals surface area contributed by atoms with Gasteiger partial charge in [-0.05, 0) is 44.8 Å². The Morgan fingerprint density at radius 3 is 1.39 bits per heavy atom. The Kier molecular flexibility index (Phi) is 6.48. The molecule has 41 heavy (non-hydrogen) atoms. The molecular formula is C32H17F4O4S-. The van der Waals surface area contributed by atoms with Gasteiger partial charge in [0.15, 0.2) is 11.6 Å². The maximum Gasteiger partial charge on any atom is 0.205 e. The maximum absolute atomic E-state index is 15.1. The number of hydrogen-bond acceptors (Lipinski definition) is 4. The molecule has 4 nitrogen and oxygen atoms in total. The lowest BCUT2D eigenvalue weighted by atomic mass is 9.94. The molecular weight excluding hydrogens is 556 g/mol. The Balaban J connectivity index is 1.62. The van der Waals surface area contributed by atoms with Crippen LogP contribution in [0.15, 0.2) is 108 Å². The van der Waals surface area contributed by atoms with Crippen molar-refractivity contribution in [3.8, 4) is 33.8 Å². The minimum atomic E-state index is -5.88. The van der Waals surface area contributed by atoms with E-state index in [2.05, 4.69) is 0 Å². The molecule has 6 aromatic rings. The molecule has 0 unspecified atom stereocenters. The van der Waals surface area contributed by atoms with E-state index >= 15 is 8.78 Å². The lowest BCUT2D eigenvalue weighted by molar-refractivity contribution is 0.346. The van der Waals surface area contributed by atoms with Crippen molar-refractivity contribution in [2.45, 2.75) is 4.90 Å². The Morgan fingerprint density at radius 1 is 0.512 bits per heavy atom. The minimum Gasteiger partial charge on any atom is -0.744 e. The molecule has 0 spiro atoms. The highest BCUT2D eigenvalue weighted by atomic mass is 32.2. The van der Waals surface area contributed by atoms with E-state index < -0.39 is 44.0 Å². The molecule has 0 saturated heterocycles. The summed E-state index contributed by atoms with van der Waals surface area (Å²) >= 11 is 0. The zero-order valence-electron chi connectivity index (χ0n) is 20.9. The lowest BCUT2D eigenvalue weighted by Gasteiger charge is -2.19.